The van der Waals surface area contributed by atoms with Crippen LogP contribution in [0.25, 0.3) is 0 Å². The maximum absolute atomic E-state index is 12.1. The lowest BCUT2D eigenvalue weighted by Gasteiger charge is -2.23. The molecule has 1 atom stereocenters. The number of nitrogens with one attached hydrogen (secondary N) is 3. The molecule has 2 rings (SSSR count). The van der Waals surface area contributed by atoms with Crippen LogP contribution in [0.2, 0.25) is 0 Å². The molecule has 0 radical (unpaired) electrons. The summed E-state index contributed by atoms with van der Waals surface area (Å²) in [7, 11) is 0. The summed E-state index contributed by atoms with van der Waals surface area (Å²) in [4.78, 5) is 22.7. The zero-order valence-electron chi connectivity index (χ0n) is 11.4. The van der Waals surface area contributed by atoms with Crippen LogP contribution in [0.5, 0.6) is 0 Å². The number of hydrogen-bond donors (Lipinski definition) is 3. The van der Waals surface area contributed by atoms with E-state index in [0.29, 0.717) is 18.7 Å². The van der Waals surface area contributed by atoms with Crippen LogP contribution in [0.1, 0.15) is 42.4 Å². The van der Waals surface area contributed by atoms with Crippen LogP contribution in [0.4, 0.5) is 5.69 Å². The normalized spacial score (nSPS) is 18.8. The second-order valence-electron chi connectivity index (χ2n) is 4.92. The zero-order valence-corrected chi connectivity index (χ0v) is 11.4. The van der Waals surface area contributed by atoms with Gasteiger partial charge in [-0.25, -0.2) is 0 Å². The molecular formula is C12H19N5O3. The summed E-state index contributed by atoms with van der Waals surface area (Å²) in [6.45, 7) is 3.54. The Hall–Kier alpha value is -1.96. The molecule has 0 saturated carbocycles. The fourth-order valence-corrected chi connectivity index (χ4v) is 2.38. The van der Waals surface area contributed by atoms with Gasteiger partial charge in [0.2, 0.25) is 5.69 Å². The van der Waals surface area contributed by atoms with Crippen molar-refractivity contribution < 1.29 is 9.72 Å². The molecule has 0 aliphatic carbocycles. The van der Waals surface area contributed by atoms with Gasteiger partial charge in [-0.2, -0.15) is 5.10 Å². The van der Waals surface area contributed by atoms with Gasteiger partial charge in [0.05, 0.1) is 4.92 Å². The maximum atomic E-state index is 12.1. The standard InChI is InChI=1S/C12H19N5O3/c1-2-4-9-11(17(19)20)10(16-15-9)12(18)14-8-5-3-6-13-7-8/h8,13H,2-7H2,1H3,(H,14,18)(H,15,16)/t8-/m0/s1. The minimum Gasteiger partial charge on any atom is -0.346 e. The number of rotatable bonds is 5. The number of H-pyrrole nitrogens is 1. The predicted octanol–water partition coefficient (Wildman–Crippen LogP) is 0.752. The average molecular weight is 281 g/mol. The number of aromatic amines is 1. The molecule has 1 aromatic rings. The minimum atomic E-state index is -0.539. The molecule has 0 unspecified atom stereocenters. The van der Waals surface area contributed by atoms with Gasteiger partial charge in [0.1, 0.15) is 5.69 Å². The molecule has 1 aromatic heterocycles. The monoisotopic (exact) mass is 281 g/mol. The van der Waals surface area contributed by atoms with E-state index in [0.717, 1.165) is 25.8 Å². The van der Waals surface area contributed by atoms with Gasteiger partial charge in [0, 0.05) is 12.6 Å². The molecule has 1 aliphatic rings. The Balaban J connectivity index is 2.14. The maximum Gasteiger partial charge on any atom is 0.322 e. The van der Waals surface area contributed by atoms with Crippen molar-refractivity contribution in [3.63, 3.8) is 0 Å². The van der Waals surface area contributed by atoms with Crippen LogP contribution in [-0.2, 0) is 6.42 Å². The Labute approximate surface area is 116 Å². The third kappa shape index (κ3) is 3.13. The SMILES string of the molecule is CCCc1[nH]nc(C(=O)N[C@H]2CCCNC2)c1[N+](=O)[O-]. The van der Waals surface area contributed by atoms with Gasteiger partial charge in [0.15, 0.2) is 0 Å². The van der Waals surface area contributed by atoms with E-state index < -0.39 is 10.8 Å². The summed E-state index contributed by atoms with van der Waals surface area (Å²) < 4.78 is 0. The molecule has 2 heterocycles. The Bertz CT molecular complexity index is 493. The van der Waals surface area contributed by atoms with E-state index in [1.165, 1.54) is 0 Å². The van der Waals surface area contributed by atoms with Crippen molar-refractivity contribution in [2.24, 2.45) is 0 Å². The Morgan fingerprint density at radius 3 is 3.00 bits per heavy atom. The van der Waals surface area contributed by atoms with Gasteiger partial charge >= 0.3 is 5.69 Å². The lowest BCUT2D eigenvalue weighted by molar-refractivity contribution is -0.385. The van der Waals surface area contributed by atoms with Crippen molar-refractivity contribution >= 4 is 11.6 Å². The van der Waals surface area contributed by atoms with Gasteiger partial charge in [-0.3, -0.25) is 20.0 Å². The molecule has 8 nitrogen and oxygen atoms in total. The molecule has 3 N–H and O–H groups in total. The van der Waals surface area contributed by atoms with Gasteiger partial charge in [-0.05, 0) is 25.8 Å². The quantitative estimate of drug-likeness (QED) is 0.544. The largest absolute Gasteiger partial charge is 0.346 e. The third-order valence-corrected chi connectivity index (χ3v) is 3.34. The molecule has 1 saturated heterocycles. The van der Waals surface area contributed by atoms with Crippen LogP contribution in [0.3, 0.4) is 0 Å². The second kappa shape index (κ2) is 6.47. The zero-order chi connectivity index (χ0) is 14.5. The van der Waals surface area contributed by atoms with Gasteiger partial charge in [0.25, 0.3) is 5.91 Å². The molecule has 0 spiro atoms. The summed E-state index contributed by atoms with van der Waals surface area (Å²) in [5, 5.41) is 23.5. The number of carbonyl (C=O) groups excluding carboxylic acids is 1. The van der Waals surface area contributed by atoms with E-state index in [2.05, 4.69) is 20.8 Å². The van der Waals surface area contributed by atoms with Crippen LogP contribution in [0.15, 0.2) is 0 Å². The first-order valence-corrected chi connectivity index (χ1v) is 6.86. The van der Waals surface area contributed by atoms with Crippen LogP contribution in [0, 0.1) is 10.1 Å². The average Bonchev–Trinajstić information content (AvgIpc) is 2.84. The van der Waals surface area contributed by atoms with Gasteiger partial charge < -0.3 is 10.6 Å². The first-order chi connectivity index (χ1) is 9.63. The second-order valence-corrected chi connectivity index (χ2v) is 4.92. The van der Waals surface area contributed by atoms with Crippen LogP contribution < -0.4 is 10.6 Å². The lowest BCUT2D eigenvalue weighted by atomic mass is 10.1. The van der Waals surface area contributed by atoms with Gasteiger partial charge in [-0.15, -0.1) is 0 Å². The molecular weight excluding hydrogens is 262 g/mol. The number of amides is 1. The van der Waals surface area contributed by atoms with Crippen molar-refractivity contribution in [3.05, 3.63) is 21.5 Å². The van der Waals surface area contributed by atoms with E-state index >= 15 is 0 Å². The molecule has 8 heteroatoms. The summed E-state index contributed by atoms with van der Waals surface area (Å²) in [6.07, 6.45) is 3.10. The number of aryl methyl sites for hydroxylation is 1. The molecule has 110 valence electrons. The number of carbonyl (C=O) groups is 1. The Morgan fingerprint density at radius 1 is 1.60 bits per heavy atom. The summed E-state index contributed by atoms with van der Waals surface area (Å²) in [6, 6.07) is 0.00202. The number of hydrogen-bond acceptors (Lipinski definition) is 5. The van der Waals surface area contributed by atoms with E-state index in [1.807, 2.05) is 6.92 Å². The van der Waals surface area contributed by atoms with Crippen LogP contribution >= 0.6 is 0 Å². The highest BCUT2D eigenvalue weighted by atomic mass is 16.6. The topological polar surface area (TPSA) is 113 Å². The molecule has 1 aliphatic heterocycles. The lowest BCUT2D eigenvalue weighted by Crippen LogP contribution is -2.45. The van der Waals surface area contributed by atoms with E-state index in [4.69, 9.17) is 0 Å². The van der Waals surface area contributed by atoms with Crippen molar-refractivity contribution in [1.29, 1.82) is 0 Å². The van der Waals surface area contributed by atoms with Crippen molar-refractivity contribution in [3.8, 4) is 0 Å². The summed E-state index contributed by atoms with van der Waals surface area (Å²) in [5.41, 5.74) is 0.0848. The number of nitrogens with zero attached hydrogens (tertiary/aromatic N) is 2. The fourth-order valence-electron chi connectivity index (χ4n) is 2.38. The van der Waals surface area contributed by atoms with E-state index in [9.17, 15) is 14.9 Å². The molecule has 0 aromatic carbocycles. The smallest absolute Gasteiger partial charge is 0.322 e. The molecule has 1 fully saturated rings. The molecule has 20 heavy (non-hydrogen) atoms. The van der Waals surface area contributed by atoms with Crippen molar-refractivity contribution in [1.82, 2.24) is 20.8 Å². The highest BCUT2D eigenvalue weighted by Gasteiger charge is 2.29. The predicted molar refractivity (Wildman–Crippen MR) is 72.6 cm³/mol. The summed E-state index contributed by atoms with van der Waals surface area (Å²) in [5.74, 6) is -0.482. The minimum absolute atomic E-state index is 0.00202. The Kier molecular flexibility index (Phi) is 4.67. The number of piperidine rings is 1. The fraction of sp³-hybridized carbons (Fsp3) is 0.667. The number of aromatic nitrogens is 2. The highest BCUT2D eigenvalue weighted by molar-refractivity contribution is 5.96. The highest BCUT2D eigenvalue weighted by Crippen LogP contribution is 2.22. The van der Waals surface area contributed by atoms with Gasteiger partial charge in [-0.1, -0.05) is 13.3 Å². The van der Waals surface area contributed by atoms with E-state index in [1.54, 1.807) is 0 Å². The summed E-state index contributed by atoms with van der Waals surface area (Å²) >= 11 is 0. The van der Waals surface area contributed by atoms with Crippen molar-refractivity contribution in [2.45, 2.75) is 38.6 Å². The molecule has 0 bridgehead atoms. The Morgan fingerprint density at radius 2 is 2.40 bits per heavy atom. The number of nitro groups is 1. The van der Waals surface area contributed by atoms with Crippen molar-refractivity contribution in [2.75, 3.05) is 13.1 Å². The van der Waals surface area contributed by atoms with Crippen LogP contribution in [-0.4, -0.2) is 40.2 Å². The first-order valence-electron chi connectivity index (χ1n) is 6.86. The van der Waals surface area contributed by atoms with E-state index in [-0.39, 0.29) is 17.4 Å². The molecule has 1 amide bonds. The first kappa shape index (κ1) is 14.4. The third-order valence-electron chi connectivity index (χ3n) is 3.34.